The van der Waals surface area contributed by atoms with Gasteiger partial charge in [-0.2, -0.15) is 0 Å². The van der Waals surface area contributed by atoms with Crippen molar-refractivity contribution < 1.29 is 14.3 Å². The number of benzene rings is 1. The number of carbonyl (C=O) groups is 1. The van der Waals surface area contributed by atoms with Gasteiger partial charge in [-0.25, -0.2) is 4.98 Å². The Morgan fingerprint density at radius 3 is 2.79 bits per heavy atom. The third-order valence-electron chi connectivity index (χ3n) is 5.75. The second kappa shape index (κ2) is 8.99. The zero-order valence-corrected chi connectivity index (χ0v) is 20.0. The molecular weight excluding hydrogens is 458 g/mol. The summed E-state index contributed by atoms with van der Waals surface area (Å²) < 4.78 is 12.9. The van der Waals surface area contributed by atoms with Crippen molar-refractivity contribution >= 4 is 44.5 Å². The molecule has 0 spiro atoms. The molecule has 33 heavy (non-hydrogen) atoms. The molecule has 5 rings (SSSR count). The van der Waals surface area contributed by atoms with Crippen molar-refractivity contribution in [3.05, 3.63) is 67.7 Å². The number of fused-ring (bicyclic) bond motifs is 2. The van der Waals surface area contributed by atoms with Crippen molar-refractivity contribution in [3.63, 3.8) is 0 Å². The van der Waals surface area contributed by atoms with Gasteiger partial charge in [0.2, 0.25) is 5.91 Å². The van der Waals surface area contributed by atoms with Crippen LogP contribution in [0.4, 0.5) is 5.69 Å². The Kier molecular flexibility index (Phi) is 5.90. The summed E-state index contributed by atoms with van der Waals surface area (Å²) in [7, 11) is 0. The van der Waals surface area contributed by atoms with E-state index >= 15 is 0 Å². The number of amides is 1. The van der Waals surface area contributed by atoms with Gasteiger partial charge in [-0.05, 0) is 43.0 Å². The summed E-state index contributed by atoms with van der Waals surface area (Å²) in [4.78, 5) is 35.5. The van der Waals surface area contributed by atoms with E-state index in [1.54, 1.807) is 22.6 Å². The highest BCUT2D eigenvalue weighted by Gasteiger charge is 2.21. The number of thiophene rings is 2. The van der Waals surface area contributed by atoms with Crippen LogP contribution in [-0.2, 0) is 17.9 Å². The normalized spacial score (nSPS) is 12.8. The number of rotatable bonds is 6. The van der Waals surface area contributed by atoms with Crippen molar-refractivity contribution in [1.29, 1.82) is 0 Å². The van der Waals surface area contributed by atoms with Crippen LogP contribution >= 0.6 is 22.7 Å². The van der Waals surface area contributed by atoms with E-state index < -0.39 is 0 Å². The summed E-state index contributed by atoms with van der Waals surface area (Å²) in [5, 5.41) is 2.64. The molecule has 7 nitrogen and oxygen atoms in total. The van der Waals surface area contributed by atoms with Gasteiger partial charge >= 0.3 is 0 Å². The van der Waals surface area contributed by atoms with Crippen molar-refractivity contribution in [2.24, 2.45) is 0 Å². The molecule has 0 N–H and O–H groups in total. The Morgan fingerprint density at radius 1 is 1.18 bits per heavy atom. The zero-order valence-electron chi connectivity index (χ0n) is 18.4. The van der Waals surface area contributed by atoms with Crippen LogP contribution in [0.1, 0.15) is 21.7 Å². The van der Waals surface area contributed by atoms with Gasteiger partial charge < -0.3 is 14.4 Å². The van der Waals surface area contributed by atoms with E-state index in [0.29, 0.717) is 36.6 Å². The molecule has 0 radical (unpaired) electrons. The first kappa shape index (κ1) is 21.7. The highest BCUT2D eigenvalue weighted by atomic mass is 32.1. The Balaban J connectivity index is 1.41. The van der Waals surface area contributed by atoms with Crippen LogP contribution in [0.15, 0.2) is 46.8 Å². The van der Waals surface area contributed by atoms with Crippen LogP contribution in [0.25, 0.3) is 10.2 Å². The average Bonchev–Trinajstić information content (AvgIpc) is 3.44. The zero-order chi connectivity index (χ0) is 22.9. The molecule has 3 aromatic heterocycles. The van der Waals surface area contributed by atoms with Crippen molar-refractivity contribution in [1.82, 2.24) is 9.55 Å². The summed E-state index contributed by atoms with van der Waals surface area (Å²) in [5.74, 6) is 1.24. The van der Waals surface area contributed by atoms with Gasteiger partial charge in [0.25, 0.3) is 5.56 Å². The van der Waals surface area contributed by atoms with E-state index in [9.17, 15) is 9.59 Å². The van der Waals surface area contributed by atoms with E-state index in [1.807, 2.05) is 49.6 Å². The van der Waals surface area contributed by atoms with Crippen LogP contribution < -0.4 is 19.9 Å². The third kappa shape index (κ3) is 4.26. The molecule has 1 aromatic carbocycles. The molecule has 0 bridgehead atoms. The fraction of sp³-hybridized carbons (Fsp3) is 0.292. The van der Waals surface area contributed by atoms with Crippen LogP contribution in [0.3, 0.4) is 0 Å². The number of ether oxygens (including phenoxy) is 2. The van der Waals surface area contributed by atoms with Crippen LogP contribution in [0.2, 0.25) is 0 Å². The van der Waals surface area contributed by atoms with Gasteiger partial charge in [0, 0.05) is 34.5 Å². The first-order valence-corrected chi connectivity index (χ1v) is 12.4. The molecule has 1 amide bonds. The average molecular weight is 482 g/mol. The summed E-state index contributed by atoms with van der Waals surface area (Å²) >= 11 is 3.12. The maximum absolute atomic E-state index is 13.4. The molecule has 0 fully saturated rings. The van der Waals surface area contributed by atoms with Gasteiger partial charge in [-0.1, -0.05) is 6.07 Å². The predicted octanol–water partition coefficient (Wildman–Crippen LogP) is 4.53. The molecule has 9 heteroatoms. The minimum absolute atomic E-state index is 0.0784. The topological polar surface area (TPSA) is 73.7 Å². The highest BCUT2D eigenvalue weighted by Crippen LogP contribution is 2.35. The van der Waals surface area contributed by atoms with E-state index in [1.165, 1.54) is 15.9 Å². The number of aryl methyl sites for hydroxylation is 3. The quantitative estimate of drug-likeness (QED) is 0.405. The van der Waals surface area contributed by atoms with Crippen molar-refractivity contribution in [2.75, 3.05) is 18.1 Å². The second-order valence-corrected chi connectivity index (χ2v) is 10.1. The summed E-state index contributed by atoms with van der Waals surface area (Å²) in [6.45, 7) is 5.64. The minimum atomic E-state index is -0.0983. The lowest BCUT2D eigenvalue weighted by Gasteiger charge is -2.25. The number of aromatic nitrogens is 2. The molecule has 0 atom stereocenters. The fourth-order valence-electron chi connectivity index (χ4n) is 3.86. The van der Waals surface area contributed by atoms with E-state index in [4.69, 9.17) is 9.47 Å². The Bertz CT molecular complexity index is 1370. The molecule has 1 aliphatic rings. The van der Waals surface area contributed by atoms with Gasteiger partial charge in [-0.15, -0.1) is 22.7 Å². The summed E-state index contributed by atoms with van der Waals surface area (Å²) in [5.41, 5.74) is 1.60. The number of hydrogen-bond acceptors (Lipinski definition) is 7. The highest BCUT2D eigenvalue weighted by molar-refractivity contribution is 7.18. The first-order valence-electron chi connectivity index (χ1n) is 10.7. The number of carbonyl (C=O) groups excluding carboxylic acids is 1. The predicted molar refractivity (Wildman–Crippen MR) is 131 cm³/mol. The van der Waals surface area contributed by atoms with Crippen LogP contribution in [0.5, 0.6) is 11.5 Å². The third-order valence-corrected chi connectivity index (χ3v) is 7.73. The monoisotopic (exact) mass is 481 g/mol. The lowest BCUT2D eigenvalue weighted by atomic mass is 10.2. The molecule has 1 aliphatic heterocycles. The maximum Gasteiger partial charge on any atom is 0.262 e. The van der Waals surface area contributed by atoms with E-state index in [0.717, 1.165) is 25.8 Å². The molecule has 0 saturated carbocycles. The number of nitrogens with zero attached hydrogens (tertiary/aromatic N) is 3. The van der Waals surface area contributed by atoms with Crippen LogP contribution in [-0.4, -0.2) is 28.7 Å². The SMILES string of the molecule is Cc1sc2ncn(CCC(=O)N(Cc3cccs3)c3ccc4c(c3)OCCO4)c(=O)c2c1C. The van der Waals surface area contributed by atoms with Crippen LogP contribution in [0, 0.1) is 13.8 Å². The molecule has 0 aliphatic carbocycles. The molecule has 0 unspecified atom stereocenters. The Labute approximate surface area is 198 Å². The smallest absolute Gasteiger partial charge is 0.262 e. The van der Waals surface area contributed by atoms with Gasteiger partial charge in [0.15, 0.2) is 11.5 Å². The number of anilines is 1. The molecular formula is C24H23N3O4S2. The van der Waals surface area contributed by atoms with Gasteiger partial charge in [-0.3, -0.25) is 14.2 Å². The lowest BCUT2D eigenvalue weighted by molar-refractivity contribution is -0.119. The molecule has 4 heterocycles. The van der Waals surface area contributed by atoms with Crippen molar-refractivity contribution in [3.8, 4) is 11.5 Å². The molecule has 0 saturated heterocycles. The van der Waals surface area contributed by atoms with Gasteiger partial charge in [0.1, 0.15) is 18.0 Å². The van der Waals surface area contributed by atoms with Gasteiger partial charge in [0.05, 0.1) is 18.3 Å². The fourth-order valence-corrected chi connectivity index (χ4v) is 5.54. The molecule has 170 valence electrons. The Hall–Kier alpha value is -3.17. The van der Waals surface area contributed by atoms with E-state index in [2.05, 4.69) is 4.98 Å². The first-order chi connectivity index (χ1) is 16.0. The lowest BCUT2D eigenvalue weighted by Crippen LogP contribution is -2.32. The second-order valence-electron chi connectivity index (χ2n) is 7.84. The van der Waals surface area contributed by atoms with E-state index in [-0.39, 0.29) is 24.4 Å². The molecule has 4 aromatic rings. The standard InChI is InChI=1S/C24H23N3O4S2/c1-15-16(2)33-23-22(15)24(29)26(14-25-23)8-7-21(28)27(13-18-4-3-11-32-18)17-5-6-19-20(12-17)31-10-9-30-19/h3-6,11-12,14H,7-10,13H2,1-2H3. The van der Waals surface area contributed by atoms with Crippen molar-refractivity contribution in [2.45, 2.75) is 33.4 Å². The minimum Gasteiger partial charge on any atom is -0.486 e. The summed E-state index contributed by atoms with van der Waals surface area (Å²) in [6, 6.07) is 9.53. The number of hydrogen-bond donors (Lipinski definition) is 0. The summed E-state index contributed by atoms with van der Waals surface area (Å²) in [6.07, 6.45) is 1.72. The Morgan fingerprint density at radius 2 is 2.00 bits per heavy atom. The maximum atomic E-state index is 13.4. The largest absolute Gasteiger partial charge is 0.486 e.